The molecule has 1 unspecified atom stereocenters. The maximum absolute atomic E-state index is 2.45. The summed E-state index contributed by atoms with van der Waals surface area (Å²) >= 11 is 0. The summed E-state index contributed by atoms with van der Waals surface area (Å²) in [7, 11) is 6.49. The predicted molar refractivity (Wildman–Crippen MR) is 106 cm³/mol. The van der Waals surface area contributed by atoms with Gasteiger partial charge in [-0.3, -0.25) is 0 Å². The number of hydrogen-bond donors (Lipinski definition) is 0. The Kier molecular flexibility index (Phi) is 4.32. The molecule has 0 fully saturated rings. The largest absolute Gasteiger partial charge is 0.305 e. The molecule has 1 aliphatic rings. The number of nitrogens with zero attached hydrogens (tertiary/aromatic N) is 2. The van der Waals surface area contributed by atoms with Crippen molar-refractivity contribution in [3.05, 3.63) is 82.9 Å². The molecule has 1 atom stereocenters. The minimum absolute atomic E-state index is 0.451. The second-order valence-corrected chi connectivity index (χ2v) is 7.63. The van der Waals surface area contributed by atoms with Gasteiger partial charge in [-0.1, -0.05) is 60.7 Å². The Hall–Kier alpha value is -2.16. The van der Waals surface area contributed by atoms with Gasteiger partial charge in [-0.2, -0.15) is 0 Å². The quantitative estimate of drug-likeness (QED) is 0.699. The van der Waals surface area contributed by atoms with Gasteiger partial charge >= 0.3 is 0 Å². The van der Waals surface area contributed by atoms with E-state index in [0.717, 1.165) is 19.6 Å². The highest BCUT2D eigenvalue weighted by molar-refractivity contribution is 5.83. The first-order valence-electron chi connectivity index (χ1n) is 9.04. The van der Waals surface area contributed by atoms with E-state index in [1.807, 2.05) is 0 Å². The summed E-state index contributed by atoms with van der Waals surface area (Å²) in [5.74, 6) is 0.451. The van der Waals surface area contributed by atoms with E-state index in [0.29, 0.717) is 5.92 Å². The molecule has 25 heavy (non-hydrogen) atoms. The van der Waals surface area contributed by atoms with Gasteiger partial charge in [0.15, 0.2) is 0 Å². The molecule has 0 amide bonds. The third-order valence-corrected chi connectivity index (χ3v) is 5.19. The topological polar surface area (TPSA) is 6.48 Å². The molecule has 2 nitrogen and oxygen atoms in total. The molecule has 0 N–H and O–H groups in total. The van der Waals surface area contributed by atoms with Crippen molar-refractivity contribution in [3.63, 3.8) is 0 Å². The maximum Gasteiger partial charge on any atom is 0.0234 e. The van der Waals surface area contributed by atoms with Gasteiger partial charge in [0.05, 0.1) is 0 Å². The molecule has 0 spiro atoms. The van der Waals surface area contributed by atoms with Crippen molar-refractivity contribution < 1.29 is 0 Å². The molecule has 0 radical (unpaired) electrons. The summed E-state index contributed by atoms with van der Waals surface area (Å²) in [5.41, 5.74) is 5.80. The number of hydrogen-bond acceptors (Lipinski definition) is 2. The van der Waals surface area contributed by atoms with E-state index in [9.17, 15) is 0 Å². The van der Waals surface area contributed by atoms with Crippen LogP contribution in [-0.2, 0) is 13.1 Å². The first-order valence-corrected chi connectivity index (χ1v) is 9.04. The van der Waals surface area contributed by atoms with Crippen LogP contribution < -0.4 is 0 Å². The third kappa shape index (κ3) is 3.33. The van der Waals surface area contributed by atoms with E-state index in [1.165, 1.54) is 33.0 Å². The lowest BCUT2D eigenvalue weighted by molar-refractivity contribution is 0.294. The molecule has 0 saturated heterocycles. The highest BCUT2D eigenvalue weighted by Gasteiger charge is 2.25. The Morgan fingerprint density at radius 2 is 1.76 bits per heavy atom. The fourth-order valence-corrected chi connectivity index (χ4v) is 4.07. The van der Waals surface area contributed by atoms with Crippen molar-refractivity contribution in [2.45, 2.75) is 19.0 Å². The summed E-state index contributed by atoms with van der Waals surface area (Å²) in [6.07, 6.45) is 0. The molecule has 1 heterocycles. The Bertz CT molecular complexity index is 897. The molecule has 4 rings (SSSR count). The summed E-state index contributed by atoms with van der Waals surface area (Å²) in [5, 5.41) is 2.65. The standard InChI is InChI=1S/C23H26N2/c1-24(2)14-17-8-11-22-21(12-17)15-25(3)16-23(22)20-10-9-18-6-4-5-7-19(18)13-20/h4-13,23H,14-16H2,1-3H3. The van der Waals surface area contributed by atoms with E-state index in [-0.39, 0.29) is 0 Å². The molecule has 0 bridgehead atoms. The van der Waals surface area contributed by atoms with Gasteiger partial charge in [-0.15, -0.1) is 0 Å². The Morgan fingerprint density at radius 1 is 0.960 bits per heavy atom. The van der Waals surface area contributed by atoms with Gasteiger partial charge in [0.2, 0.25) is 0 Å². The molecule has 128 valence electrons. The highest BCUT2D eigenvalue weighted by atomic mass is 15.1. The van der Waals surface area contributed by atoms with Crippen molar-refractivity contribution in [3.8, 4) is 0 Å². The Labute approximate surface area is 150 Å². The van der Waals surface area contributed by atoms with Crippen LogP contribution in [0.25, 0.3) is 10.8 Å². The average Bonchev–Trinajstić information content (AvgIpc) is 2.59. The molecule has 0 saturated carbocycles. The molecule has 3 aromatic carbocycles. The SMILES string of the molecule is CN(C)Cc1ccc2c(c1)CN(C)CC2c1ccc2ccccc2c1. The summed E-state index contributed by atoms with van der Waals surface area (Å²) < 4.78 is 0. The highest BCUT2D eigenvalue weighted by Crippen LogP contribution is 2.34. The monoisotopic (exact) mass is 330 g/mol. The van der Waals surface area contributed by atoms with Crippen LogP contribution in [0.4, 0.5) is 0 Å². The Balaban J connectivity index is 1.75. The lowest BCUT2D eigenvalue weighted by Gasteiger charge is -2.33. The van der Waals surface area contributed by atoms with Crippen LogP contribution in [0.15, 0.2) is 60.7 Å². The smallest absolute Gasteiger partial charge is 0.0234 e. The summed E-state index contributed by atoms with van der Waals surface area (Å²) in [6, 6.07) is 22.6. The molecule has 0 aromatic heterocycles. The van der Waals surface area contributed by atoms with Crippen LogP contribution in [-0.4, -0.2) is 37.5 Å². The molecular weight excluding hydrogens is 304 g/mol. The first kappa shape index (κ1) is 16.3. The van der Waals surface area contributed by atoms with Gasteiger partial charge < -0.3 is 9.80 Å². The van der Waals surface area contributed by atoms with Gasteiger partial charge in [0, 0.05) is 25.6 Å². The van der Waals surface area contributed by atoms with Crippen LogP contribution in [0.3, 0.4) is 0 Å². The predicted octanol–water partition coefficient (Wildman–Crippen LogP) is 4.48. The van der Waals surface area contributed by atoms with E-state index in [1.54, 1.807) is 0 Å². The number of benzene rings is 3. The van der Waals surface area contributed by atoms with Crippen molar-refractivity contribution in [1.29, 1.82) is 0 Å². The lowest BCUT2D eigenvalue weighted by atomic mass is 9.83. The summed E-state index contributed by atoms with van der Waals surface area (Å²) in [6.45, 7) is 3.12. The zero-order valence-electron chi connectivity index (χ0n) is 15.4. The number of rotatable bonds is 3. The van der Waals surface area contributed by atoms with Gasteiger partial charge in [0.1, 0.15) is 0 Å². The molecule has 2 heteroatoms. The second-order valence-electron chi connectivity index (χ2n) is 7.63. The van der Waals surface area contributed by atoms with Crippen LogP contribution >= 0.6 is 0 Å². The molecule has 0 aliphatic carbocycles. The first-order chi connectivity index (χ1) is 12.1. The molecular formula is C23H26N2. The average molecular weight is 330 g/mol. The number of likely N-dealkylation sites (N-methyl/N-ethyl adjacent to an activating group) is 1. The minimum atomic E-state index is 0.451. The fourth-order valence-electron chi connectivity index (χ4n) is 4.07. The lowest BCUT2D eigenvalue weighted by Crippen LogP contribution is -2.31. The normalized spacial score (nSPS) is 17.8. The van der Waals surface area contributed by atoms with E-state index >= 15 is 0 Å². The van der Waals surface area contributed by atoms with Gasteiger partial charge in [-0.25, -0.2) is 0 Å². The molecule has 1 aliphatic heterocycles. The van der Waals surface area contributed by atoms with Crippen molar-refractivity contribution in [2.75, 3.05) is 27.7 Å². The van der Waals surface area contributed by atoms with Crippen LogP contribution in [0, 0.1) is 0 Å². The molecule has 3 aromatic rings. The van der Waals surface area contributed by atoms with Crippen molar-refractivity contribution in [1.82, 2.24) is 9.80 Å². The van der Waals surface area contributed by atoms with E-state index in [2.05, 4.69) is 91.6 Å². The zero-order valence-corrected chi connectivity index (χ0v) is 15.4. The van der Waals surface area contributed by atoms with Gasteiger partial charge in [-0.05, 0) is 54.2 Å². The van der Waals surface area contributed by atoms with Crippen LogP contribution in [0.2, 0.25) is 0 Å². The van der Waals surface area contributed by atoms with Crippen LogP contribution in [0.1, 0.15) is 28.2 Å². The second kappa shape index (κ2) is 6.62. The third-order valence-electron chi connectivity index (χ3n) is 5.19. The van der Waals surface area contributed by atoms with Crippen LogP contribution in [0.5, 0.6) is 0 Å². The maximum atomic E-state index is 2.45. The van der Waals surface area contributed by atoms with Crippen molar-refractivity contribution >= 4 is 10.8 Å². The summed E-state index contributed by atoms with van der Waals surface area (Å²) in [4.78, 5) is 4.68. The van der Waals surface area contributed by atoms with E-state index in [4.69, 9.17) is 0 Å². The van der Waals surface area contributed by atoms with Gasteiger partial charge in [0.25, 0.3) is 0 Å². The van der Waals surface area contributed by atoms with Crippen molar-refractivity contribution in [2.24, 2.45) is 0 Å². The Morgan fingerprint density at radius 3 is 2.56 bits per heavy atom. The van der Waals surface area contributed by atoms with E-state index < -0.39 is 0 Å². The minimum Gasteiger partial charge on any atom is -0.305 e. The fraction of sp³-hybridized carbons (Fsp3) is 0.304. The zero-order chi connectivity index (χ0) is 17.4. The number of fused-ring (bicyclic) bond motifs is 2.